The fraction of sp³-hybridized carbons (Fsp3) is 0.600. The van der Waals surface area contributed by atoms with Crippen molar-refractivity contribution >= 4 is 11.4 Å². The van der Waals surface area contributed by atoms with Crippen LogP contribution in [0, 0.1) is 10.1 Å². The van der Waals surface area contributed by atoms with E-state index in [4.69, 9.17) is 0 Å². The number of likely N-dealkylation sites (tertiary alicyclic amines) is 1. The van der Waals surface area contributed by atoms with Gasteiger partial charge in [0, 0.05) is 25.2 Å². The highest BCUT2D eigenvalue weighted by Gasteiger charge is 2.22. The van der Waals surface area contributed by atoms with E-state index >= 15 is 0 Å². The summed E-state index contributed by atoms with van der Waals surface area (Å²) in [6.45, 7) is 4.43. The molecule has 0 aliphatic carbocycles. The highest BCUT2D eigenvalue weighted by Crippen LogP contribution is 2.27. The standard InChI is InChI=1S/C15H23N3O3/c1-2-16-14-9-12(6-7-15(14)18(20)21)10-17-8-4-3-5-13(17)11-19/h6-7,9,13,16,19H,2-5,8,10-11H2,1H3. The fourth-order valence-electron chi connectivity index (χ4n) is 2.88. The van der Waals surface area contributed by atoms with Crippen molar-refractivity contribution in [2.24, 2.45) is 0 Å². The molecule has 6 heteroatoms. The Morgan fingerprint density at radius 2 is 2.29 bits per heavy atom. The predicted octanol–water partition coefficient (Wildman–Crippen LogP) is 2.37. The second-order valence-corrected chi connectivity index (χ2v) is 5.44. The van der Waals surface area contributed by atoms with Crippen molar-refractivity contribution in [3.05, 3.63) is 33.9 Å². The molecule has 0 saturated carbocycles. The summed E-state index contributed by atoms with van der Waals surface area (Å²) in [5.74, 6) is 0. The molecule has 0 bridgehead atoms. The minimum Gasteiger partial charge on any atom is -0.395 e. The minimum absolute atomic E-state index is 0.109. The molecule has 1 aromatic carbocycles. The maximum atomic E-state index is 11.0. The number of aliphatic hydroxyl groups excluding tert-OH is 1. The largest absolute Gasteiger partial charge is 0.395 e. The van der Waals surface area contributed by atoms with Gasteiger partial charge in [0.05, 0.1) is 11.5 Å². The van der Waals surface area contributed by atoms with Crippen LogP contribution in [0.4, 0.5) is 11.4 Å². The van der Waals surface area contributed by atoms with E-state index < -0.39 is 0 Å². The third kappa shape index (κ3) is 3.92. The topological polar surface area (TPSA) is 78.6 Å². The first-order valence-corrected chi connectivity index (χ1v) is 7.51. The molecule has 1 fully saturated rings. The van der Waals surface area contributed by atoms with Crippen molar-refractivity contribution in [2.45, 2.75) is 38.8 Å². The molecule has 2 rings (SSSR count). The predicted molar refractivity (Wildman–Crippen MR) is 82.4 cm³/mol. The Morgan fingerprint density at radius 3 is 2.95 bits per heavy atom. The zero-order chi connectivity index (χ0) is 15.2. The van der Waals surface area contributed by atoms with Crippen molar-refractivity contribution in [3.8, 4) is 0 Å². The van der Waals surface area contributed by atoms with Crippen molar-refractivity contribution < 1.29 is 10.0 Å². The highest BCUT2D eigenvalue weighted by atomic mass is 16.6. The van der Waals surface area contributed by atoms with Crippen LogP contribution >= 0.6 is 0 Å². The molecule has 0 aromatic heterocycles. The van der Waals surface area contributed by atoms with E-state index in [0.29, 0.717) is 12.2 Å². The molecule has 1 aromatic rings. The van der Waals surface area contributed by atoms with Gasteiger partial charge in [-0.1, -0.05) is 12.5 Å². The molecule has 1 heterocycles. The average Bonchev–Trinajstić information content (AvgIpc) is 2.48. The second kappa shape index (κ2) is 7.38. The Hall–Kier alpha value is -1.66. The van der Waals surface area contributed by atoms with E-state index in [1.807, 2.05) is 19.1 Å². The first kappa shape index (κ1) is 15.7. The maximum Gasteiger partial charge on any atom is 0.292 e. The molecule has 0 amide bonds. The van der Waals surface area contributed by atoms with E-state index in [-0.39, 0.29) is 23.3 Å². The lowest BCUT2D eigenvalue weighted by Crippen LogP contribution is -2.41. The van der Waals surface area contributed by atoms with E-state index in [0.717, 1.165) is 37.9 Å². The van der Waals surface area contributed by atoms with Crippen LogP contribution in [0.3, 0.4) is 0 Å². The second-order valence-electron chi connectivity index (χ2n) is 5.44. The third-order valence-corrected chi connectivity index (χ3v) is 3.97. The lowest BCUT2D eigenvalue weighted by atomic mass is 10.0. The number of nitro groups is 1. The molecule has 1 aliphatic heterocycles. The molecule has 1 aliphatic rings. The molecule has 0 radical (unpaired) electrons. The van der Waals surface area contributed by atoms with Gasteiger partial charge in [-0.05, 0) is 37.9 Å². The van der Waals surface area contributed by atoms with Gasteiger partial charge < -0.3 is 10.4 Å². The molecular formula is C15H23N3O3. The molecule has 0 spiro atoms. The van der Waals surface area contributed by atoms with Crippen molar-refractivity contribution in [1.29, 1.82) is 0 Å². The molecule has 6 nitrogen and oxygen atoms in total. The highest BCUT2D eigenvalue weighted by molar-refractivity contribution is 5.62. The number of nitrogens with zero attached hydrogens (tertiary/aromatic N) is 2. The van der Waals surface area contributed by atoms with Gasteiger partial charge in [0.25, 0.3) is 5.69 Å². The molecule has 2 N–H and O–H groups in total. The van der Waals surface area contributed by atoms with Gasteiger partial charge in [-0.15, -0.1) is 0 Å². The summed E-state index contributed by atoms with van der Waals surface area (Å²) in [5, 5.41) is 23.5. The number of piperidine rings is 1. The summed E-state index contributed by atoms with van der Waals surface area (Å²) in [5.41, 5.74) is 1.72. The Morgan fingerprint density at radius 1 is 1.48 bits per heavy atom. The third-order valence-electron chi connectivity index (χ3n) is 3.97. The summed E-state index contributed by atoms with van der Waals surface area (Å²) in [7, 11) is 0. The lowest BCUT2D eigenvalue weighted by molar-refractivity contribution is -0.384. The summed E-state index contributed by atoms with van der Waals surface area (Å²) < 4.78 is 0. The zero-order valence-electron chi connectivity index (χ0n) is 12.4. The average molecular weight is 293 g/mol. The summed E-state index contributed by atoms with van der Waals surface area (Å²) in [6.07, 6.45) is 3.32. The monoisotopic (exact) mass is 293 g/mol. The first-order chi connectivity index (χ1) is 10.2. The van der Waals surface area contributed by atoms with E-state index in [2.05, 4.69) is 10.2 Å². The number of anilines is 1. The number of aliphatic hydroxyl groups is 1. The van der Waals surface area contributed by atoms with Crippen molar-refractivity contribution in [3.63, 3.8) is 0 Å². The Kier molecular flexibility index (Phi) is 5.52. The number of nitrogens with one attached hydrogen (secondary N) is 1. The van der Waals surface area contributed by atoms with Crippen LogP contribution in [-0.4, -0.2) is 40.7 Å². The summed E-state index contributed by atoms with van der Waals surface area (Å²) in [4.78, 5) is 12.9. The van der Waals surface area contributed by atoms with Crippen LogP contribution < -0.4 is 5.32 Å². The van der Waals surface area contributed by atoms with Crippen LogP contribution in [-0.2, 0) is 6.54 Å². The smallest absolute Gasteiger partial charge is 0.292 e. The number of hydrogen-bond donors (Lipinski definition) is 2. The van der Waals surface area contributed by atoms with Crippen LogP contribution in [0.5, 0.6) is 0 Å². The molecule has 116 valence electrons. The summed E-state index contributed by atoms with van der Waals surface area (Å²) >= 11 is 0. The minimum atomic E-state index is -0.362. The van der Waals surface area contributed by atoms with Crippen LogP contribution in [0.25, 0.3) is 0 Å². The normalized spacial score (nSPS) is 19.4. The number of benzene rings is 1. The maximum absolute atomic E-state index is 11.0. The lowest BCUT2D eigenvalue weighted by Gasteiger charge is -2.34. The van der Waals surface area contributed by atoms with Crippen LogP contribution in [0.2, 0.25) is 0 Å². The van der Waals surface area contributed by atoms with Gasteiger partial charge in [0.15, 0.2) is 0 Å². The van der Waals surface area contributed by atoms with E-state index in [9.17, 15) is 15.2 Å². The van der Waals surface area contributed by atoms with Gasteiger partial charge >= 0.3 is 0 Å². The molecule has 1 atom stereocenters. The Bertz CT molecular complexity index is 493. The van der Waals surface area contributed by atoms with Crippen molar-refractivity contribution in [1.82, 2.24) is 4.90 Å². The zero-order valence-corrected chi connectivity index (χ0v) is 12.4. The Labute approximate surface area is 124 Å². The molecule has 1 unspecified atom stereocenters. The molecule has 21 heavy (non-hydrogen) atoms. The number of nitro benzene ring substituents is 1. The van der Waals surface area contributed by atoms with Crippen molar-refractivity contribution in [2.75, 3.05) is 25.0 Å². The first-order valence-electron chi connectivity index (χ1n) is 7.51. The van der Waals surface area contributed by atoms with Gasteiger partial charge in [-0.3, -0.25) is 15.0 Å². The SMILES string of the molecule is CCNc1cc(CN2CCCCC2CO)ccc1[N+](=O)[O-]. The van der Waals surface area contributed by atoms with Gasteiger partial charge in [-0.25, -0.2) is 0 Å². The quantitative estimate of drug-likeness (QED) is 0.622. The van der Waals surface area contributed by atoms with E-state index in [1.54, 1.807) is 6.07 Å². The Balaban J connectivity index is 2.16. The van der Waals surface area contributed by atoms with Gasteiger partial charge in [-0.2, -0.15) is 0 Å². The van der Waals surface area contributed by atoms with Gasteiger partial charge in [0.1, 0.15) is 5.69 Å². The molecular weight excluding hydrogens is 270 g/mol. The number of rotatable bonds is 6. The van der Waals surface area contributed by atoms with Crippen LogP contribution in [0.1, 0.15) is 31.7 Å². The van der Waals surface area contributed by atoms with Crippen LogP contribution in [0.15, 0.2) is 18.2 Å². The number of hydrogen-bond acceptors (Lipinski definition) is 5. The van der Waals surface area contributed by atoms with Gasteiger partial charge in [0.2, 0.25) is 0 Å². The summed E-state index contributed by atoms with van der Waals surface area (Å²) in [6, 6.07) is 5.43. The fourth-order valence-corrected chi connectivity index (χ4v) is 2.88. The molecule has 1 saturated heterocycles. The van der Waals surface area contributed by atoms with E-state index in [1.165, 1.54) is 0 Å².